The van der Waals surface area contributed by atoms with Crippen LogP contribution in [-0.2, 0) is 4.74 Å². The maximum atomic E-state index is 9.83. The van der Waals surface area contributed by atoms with Gasteiger partial charge in [0.15, 0.2) is 0 Å². The van der Waals surface area contributed by atoms with Crippen LogP contribution in [0.2, 0.25) is 0 Å². The van der Waals surface area contributed by atoms with Gasteiger partial charge in [0.05, 0.1) is 12.2 Å². The van der Waals surface area contributed by atoms with Crippen molar-refractivity contribution in [1.82, 2.24) is 0 Å². The van der Waals surface area contributed by atoms with Gasteiger partial charge in [0.1, 0.15) is 5.60 Å². The van der Waals surface area contributed by atoms with E-state index in [9.17, 15) is 5.11 Å². The van der Waals surface area contributed by atoms with Crippen LogP contribution in [0.25, 0.3) is 0 Å². The van der Waals surface area contributed by atoms with Crippen molar-refractivity contribution in [2.45, 2.75) is 83.8 Å². The lowest BCUT2D eigenvalue weighted by atomic mass is 9.44. The first-order valence-electron chi connectivity index (χ1n) is 9.16. The van der Waals surface area contributed by atoms with Crippen molar-refractivity contribution in [3.63, 3.8) is 0 Å². The standard InChI is InChI=1S/C20H34O2/c1-6-20(14-21)13-9-16-18(4)11-7-10-17(2,3)15(18)8-12-19(16,5)22-20/h6,15-16,21H,1,7-14H2,2-5H3/t15-,16+,18-,19+,20-/m0/s1. The molecule has 2 heteroatoms. The quantitative estimate of drug-likeness (QED) is 0.748. The fraction of sp³-hybridized carbons (Fsp3) is 0.900. The van der Waals surface area contributed by atoms with E-state index in [1.807, 2.05) is 6.08 Å². The van der Waals surface area contributed by atoms with E-state index in [1.54, 1.807) is 0 Å². The van der Waals surface area contributed by atoms with Crippen molar-refractivity contribution in [2.24, 2.45) is 22.7 Å². The molecule has 3 fully saturated rings. The lowest BCUT2D eigenvalue weighted by molar-refractivity contribution is -0.263. The van der Waals surface area contributed by atoms with Crippen LogP contribution in [-0.4, -0.2) is 22.9 Å². The van der Waals surface area contributed by atoms with Crippen LogP contribution in [0.5, 0.6) is 0 Å². The molecule has 126 valence electrons. The minimum absolute atomic E-state index is 0.0600. The number of hydrogen-bond donors (Lipinski definition) is 1. The second kappa shape index (κ2) is 5.08. The molecule has 1 N–H and O–H groups in total. The summed E-state index contributed by atoms with van der Waals surface area (Å²) < 4.78 is 6.58. The van der Waals surface area contributed by atoms with Gasteiger partial charge in [0.25, 0.3) is 0 Å². The van der Waals surface area contributed by atoms with Crippen molar-refractivity contribution >= 4 is 0 Å². The Kier molecular flexibility index (Phi) is 3.81. The summed E-state index contributed by atoms with van der Waals surface area (Å²) in [6.45, 7) is 13.8. The summed E-state index contributed by atoms with van der Waals surface area (Å²) in [5.74, 6) is 1.42. The molecule has 3 rings (SSSR count). The maximum Gasteiger partial charge on any atom is 0.110 e. The van der Waals surface area contributed by atoms with Crippen LogP contribution in [0.15, 0.2) is 12.7 Å². The first-order valence-corrected chi connectivity index (χ1v) is 9.16. The minimum atomic E-state index is -0.515. The van der Waals surface area contributed by atoms with Crippen molar-refractivity contribution in [2.75, 3.05) is 6.61 Å². The highest BCUT2D eigenvalue weighted by atomic mass is 16.5. The molecular weight excluding hydrogens is 272 g/mol. The predicted octanol–water partition coefficient (Wildman–Crippen LogP) is 4.72. The summed E-state index contributed by atoms with van der Waals surface area (Å²) in [6, 6.07) is 0. The van der Waals surface area contributed by atoms with Crippen LogP contribution in [0, 0.1) is 22.7 Å². The molecule has 22 heavy (non-hydrogen) atoms. The fourth-order valence-electron chi connectivity index (χ4n) is 6.59. The number of fused-ring (bicyclic) bond motifs is 3. The second-order valence-electron chi connectivity index (χ2n) is 9.37. The fourth-order valence-corrected chi connectivity index (χ4v) is 6.59. The molecule has 3 aliphatic rings. The van der Waals surface area contributed by atoms with Crippen molar-refractivity contribution in [1.29, 1.82) is 0 Å². The van der Waals surface area contributed by atoms with E-state index in [0.717, 1.165) is 25.2 Å². The summed E-state index contributed by atoms with van der Waals surface area (Å²) in [5.41, 5.74) is 0.224. The Labute approximate surface area is 136 Å². The lowest BCUT2D eigenvalue weighted by Gasteiger charge is -2.65. The summed E-state index contributed by atoms with van der Waals surface area (Å²) in [5, 5.41) is 9.83. The Hall–Kier alpha value is -0.340. The summed E-state index contributed by atoms with van der Waals surface area (Å²) in [6.07, 6.45) is 10.3. The molecule has 0 spiro atoms. The molecule has 0 aromatic heterocycles. The zero-order valence-corrected chi connectivity index (χ0v) is 15.0. The van der Waals surface area contributed by atoms with E-state index in [1.165, 1.54) is 25.7 Å². The van der Waals surface area contributed by atoms with E-state index >= 15 is 0 Å². The molecule has 0 amide bonds. The lowest BCUT2D eigenvalue weighted by Crippen LogP contribution is -2.63. The van der Waals surface area contributed by atoms with E-state index in [-0.39, 0.29) is 12.2 Å². The Morgan fingerprint density at radius 3 is 2.36 bits per heavy atom. The van der Waals surface area contributed by atoms with E-state index in [2.05, 4.69) is 34.3 Å². The molecule has 5 atom stereocenters. The van der Waals surface area contributed by atoms with Gasteiger partial charge < -0.3 is 9.84 Å². The molecule has 2 saturated carbocycles. The summed E-state index contributed by atoms with van der Waals surface area (Å²) in [7, 11) is 0. The largest absolute Gasteiger partial charge is 0.393 e. The Bertz CT molecular complexity index is 457. The van der Waals surface area contributed by atoms with Crippen LogP contribution in [0.1, 0.15) is 72.6 Å². The van der Waals surface area contributed by atoms with Crippen LogP contribution >= 0.6 is 0 Å². The van der Waals surface area contributed by atoms with Crippen LogP contribution in [0.3, 0.4) is 0 Å². The molecule has 1 heterocycles. The van der Waals surface area contributed by atoms with Crippen LogP contribution < -0.4 is 0 Å². The average molecular weight is 306 g/mol. The van der Waals surface area contributed by atoms with E-state index < -0.39 is 5.60 Å². The van der Waals surface area contributed by atoms with Gasteiger partial charge in [-0.2, -0.15) is 0 Å². The molecule has 1 saturated heterocycles. The highest BCUT2D eigenvalue weighted by Gasteiger charge is 2.61. The normalized spacial score (nSPS) is 50.8. The monoisotopic (exact) mass is 306 g/mol. The first kappa shape index (κ1) is 16.5. The van der Waals surface area contributed by atoms with Gasteiger partial charge in [-0.05, 0) is 68.1 Å². The maximum absolute atomic E-state index is 9.83. The molecule has 0 bridgehead atoms. The smallest absolute Gasteiger partial charge is 0.110 e. The summed E-state index contributed by atoms with van der Waals surface area (Å²) >= 11 is 0. The highest BCUT2D eigenvalue weighted by Crippen LogP contribution is 2.65. The van der Waals surface area contributed by atoms with Gasteiger partial charge in [0.2, 0.25) is 0 Å². The number of rotatable bonds is 2. The number of aliphatic hydroxyl groups excluding tert-OH is 1. The third-order valence-corrected chi connectivity index (χ3v) is 7.67. The highest BCUT2D eigenvalue weighted by molar-refractivity contribution is 5.13. The number of ether oxygens (including phenoxy) is 1. The van der Waals surface area contributed by atoms with E-state index in [4.69, 9.17) is 4.74 Å². The molecular formula is C20H34O2. The van der Waals surface area contributed by atoms with Crippen molar-refractivity contribution in [3.8, 4) is 0 Å². The zero-order valence-electron chi connectivity index (χ0n) is 15.0. The third kappa shape index (κ3) is 2.21. The van der Waals surface area contributed by atoms with Crippen molar-refractivity contribution < 1.29 is 9.84 Å². The molecule has 2 aliphatic carbocycles. The van der Waals surface area contributed by atoms with Gasteiger partial charge in [-0.25, -0.2) is 0 Å². The second-order valence-corrected chi connectivity index (χ2v) is 9.37. The van der Waals surface area contributed by atoms with Crippen LogP contribution in [0.4, 0.5) is 0 Å². The molecule has 0 radical (unpaired) electrons. The molecule has 0 aromatic rings. The Morgan fingerprint density at radius 2 is 1.73 bits per heavy atom. The SMILES string of the molecule is C=C[C@@]1(CO)CC[C@@H]2[C@@]3(C)CCCC(C)(C)[C@@H]3CC[C@@]2(C)O1. The molecule has 0 unspecified atom stereocenters. The summed E-state index contributed by atoms with van der Waals surface area (Å²) in [4.78, 5) is 0. The topological polar surface area (TPSA) is 29.5 Å². The van der Waals surface area contributed by atoms with E-state index in [0.29, 0.717) is 16.7 Å². The third-order valence-electron chi connectivity index (χ3n) is 7.67. The first-order chi connectivity index (χ1) is 10.2. The zero-order chi connectivity index (χ0) is 16.2. The average Bonchev–Trinajstić information content (AvgIpc) is 2.45. The predicted molar refractivity (Wildman–Crippen MR) is 90.7 cm³/mol. The Morgan fingerprint density at radius 1 is 1.05 bits per heavy atom. The van der Waals surface area contributed by atoms with Gasteiger partial charge in [-0.3, -0.25) is 0 Å². The molecule has 1 aliphatic heterocycles. The van der Waals surface area contributed by atoms with Gasteiger partial charge in [0, 0.05) is 0 Å². The molecule has 2 nitrogen and oxygen atoms in total. The van der Waals surface area contributed by atoms with Crippen molar-refractivity contribution in [3.05, 3.63) is 12.7 Å². The minimum Gasteiger partial charge on any atom is -0.393 e. The Balaban J connectivity index is 1.94. The van der Waals surface area contributed by atoms with Gasteiger partial charge in [-0.15, -0.1) is 6.58 Å². The van der Waals surface area contributed by atoms with Gasteiger partial charge in [-0.1, -0.05) is 33.3 Å². The number of aliphatic hydroxyl groups is 1. The molecule has 0 aromatic carbocycles. The van der Waals surface area contributed by atoms with Gasteiger partial charge >= 0.3 is 0 Å². The number of hydrogen-bond acceptors (Lipinski definition) is 2.